The van der Waals surface area contributed by atoms with Crippen LogP contribution in [0.2, 0.25) is 0 Å². The zero-order valence-electron chi connectivity index (χ0n) is 8.66. The number of rotatable bonds is 7. The molecular formula is C10H18O3S. The molecule has 0 aliphatic heterocycles. The molecule has 0 heterocycles. The summed E-state index contributed by atoms with van der Waals surface area (Å²) in [5.41, 5.74) is 0. The van der Waals surface area contributed by atoms with Gasteiger partial charge >= 0.3 is 0 Å². The second-order valence-electron chi connectivity index (χ2n) is 4.00. The highest BCUT2D eigenvalue weighted by Crippen LogP contribution is 2.31. The minimum atomic E-state index is -2.88. The van der Waals surface area contributed by atoms with Crippen molar-refractivity contribution in [3.8, 4) is 0 Å². The van der Waals surface area contributed by atoms with E-state index >= 15 is 0 Å². The first-order valence-electron chi connectivity index (χ1n) is 5.28. The van der Waals surface area contributed by atoms with Crippen LogP contribution >= 0.6 is 0 Å². The Kier molecular flexibility index (Phi) is 4.11. The van der Waals surface area contributed by atoms with E-state index in [2.05, 4.69) is 0 Å². The monoisotopic (exact) mass is 218 g/mol. The zero-order chi connectivity index (χ0) is 10.6. The minimum absolute atomic E-state index is 0.180. The van der Waals surface area contributed by atoms with Gasteiger partial charge in [-0.15, -0.1) is 0 Å². The second-order valence-corrected chi connectivity index (χ2v) is 6.30. The van der Waals surface area contributed by atoms with Crippen LogP contribution in [0.25, 0.3) is 0 Å². The molecule has 0 spiro atoms. The van der Waals surface area contributed by atoms with Gasteiger partial charge in [0.25, 0.3) is 0 Å². The molecule has 0 aromatic heterocycles. The first-order chi connectivity index (χ1) is 6.55. The molecule has 3 nitrogen and oxygen atoms in total. The average molecular weight is 218 g/mol. The summed E-state index contributed by atoms with van der Waals surface area (Å²) in [7, 11) is -2.88. The highest BCUT2D eigenvalue weighted by atomic mass is 32.2. The Bertz CT molecular complexity index is 288. The molecule has 0 unspecified atom stereocenters. The van der Waals surface area contributed by atoms with Gasteiger partial charge < -0.3 is 0 Å². The fourth-order valence-electron chi connectivity index (χ4n) is 1.49. The Labute approximate surface area is 85.8 Å². The van der Waals surface area contributed by atoms with Crippen molar-refractivity contribution in [1.82, 2.24) is 0 Å². The van der Waals surface area contributed by atoms with Gasteiger partial charge in [0, 0.05) is 18.1 Å². The molecule has 1 saturated carbocycles. The zero-order valence-corrected chi connectivity index (χ0v) is 9.48. The maximum Gasteiger partial charge on any atom is 0.150 e. The van der Waals surface area contributed by atoms with Gasteiger partial charge in [0.05, 0.1) is 5.75 Å². The first kappa shape index (κ1) is 11.7. The Morgan fingerprint density at radius 3 is 2.43 bits per heavy atom. The second kappa shape index (κ2) is 4.91. The molecule has 14 heavy (non-hydrogen) atoms. The van der Waals surface area contributed by atoms with Crippen molar-refractivity contribution >= 4 is 15.6 Å². The largest absolute Gasteiger partial charge is 0.299 e. The number of ketones is 1. The van der Waals surface area contributed by atoms with Gasteiger partial charge in [0.1, 0.15) is 15.6 Å². The van der Waals surface area contributed by atoms with Gasteiger partial charge in [-0.2, -0.15) is 0 Å². The third kappa shape index (κ3) is 4.22. The van der Waals surface area contributed by atoms with Crippen LogP contribution in [0.1, 0.15) is 39.0 Å². The fourth-order valence-corrected chi connectivity index (χ4v) is 2.90. The molecule has 0 amide bonds. The summed E-state index contributed by atoms with van der Waals surface area (Å²) in [5.74, 6) is 0.963. The molecule has 0 aromatic carbocycles. The predicted molar refractivity (Wildman–Crippen MR) is 55.9 cm³/mol. The number of hydrogen-bond donors (Lipinski definition) is 0. The van der Waals surface area contributed by atoms with E-state index in [9.17, 15) is 13.2 Å². The van der Waals surface area contributed by atoms with Gasteiger partial charge in [0.2, 0.25) is 0 Å². The fraction of sp³-hybridized carbons (Fsp3) is 0.900. The lowest BCUT2D eigenvalue weighted by atomic mass is 10.2. The summed E-state index contributed by atoms with van der Waals surface area (Å²) in [4.78, 5) is 11.3. The molecule has 0 radical (unpaired) electrons. The molecule has 1 aliphatic carbocycles. The SMILES string of the molecule is CCCS(=O)(=O)CCCC(=O)C1CC1. The van der Waals surface area contributed by atoms with Gasteiger partial charge in [-0.05, 0) is 25.7 Å². The third-order valence-corrected chi connectivity index (χ3v) is 4.37. The summed E-state index contributed by atoms with van der Waals surface area (Å²) in [6.07, 6.45) is 3.66. The Hall–Kier alpha value is -0.380. The molecule has 0 saturated heterocycles. The minimum Gasteiger partial charge on any atom is -0.299 e. The smallest absolute Gasteiger partial charge is 0.150 e. The van der Waals surface area contributed by atoms with Crippen LogP contribution in [0.5, 0.6) is 0 Å². The molecular weight excluding hydrogens is 200 g/mol. The first-order valence-corrected chi connectivity index (χ1v) is 7.10. The van der Waals surface area contributed by atoms with Crippen LogP contribution in [0, 0.1) is 5.92 Å². The van der Waals surface area contributed by atoms with E-state index in [1.54, 1.807) is 0 Å². The summed E-state index contributed by atoms with van der Waals surface area (Å²) in [5, 5.41) is 0. The number of Topliss-reactive ketones (excluding diaryl/α,β-unsaturated/α-hetero) is 1. The van der Waals surface area contributed by atoms with E-state index in [1.165, 1.54) is 0 Å². The van der Waals surface area contributed by atoms with E-state index < -0.39 is 9.84 Å². The summed E-state index contributed by atoms with van der Waals surface area (Å²) in [6.45, 7) is 1.85. The maximum atomic E-state index is 11.3. The topological polar surface area (TPSA) is 51.2 Å². The van der Waals surface area contributed by atoms with Gasteiger partial charge in [-0.25, -0.2) is 8.42 Å². The summed E-state index contributed by atoms with van der Waals surface area (Å²) in [6, 6.07) is 0. The van der Waals surface area contributed by atoms with Crippen molar-refractivity contribution < 1.29 is 13.2 Å². The van der Waals surface area contributed by atoms with Crippen LogP contribution in [0.3, 0.4) is 0 Å². The lowest BCUT2D eigenvalue weighted by Crippen LogP contribution is -2.12. The Morgan fingerprint density at radius 2 is 1.93 bits per heavy atom. The molecule has 1 rings (SSSR count). The molecule has 82 valence electrons. The quantitative estimate of drug-likeness (QED) is 0.651. The predicted octanol–water partition coefficient (Wildman–Crippen LogP) is 1.57. The normalized spacial score (nSPS) is 16.9. The van der Waals surface area contributed by atoms with Crippen molar-refractivity contribution in [3.05, 3.63) is 0 Å². The van der Waals surface area contributed by atoms with Crippen molar-refractivity contribution in [3.63, 3.8) is 0 Å². The molecule has 1 aliphatic rings. The standard InChI is InChI=1S/C10H18O3S/c1-2-7-14(12,13)8-3-4-10(11)9-5-6-9/h9H,2-8H2,1H3. The third-order valence-electron chi connectivity index (χ3n) is 2.43. The Balaban J connectivity index is 2.16. The highest BCUT2D eigenvalue weighted by molar-refractivity contribution is 7.91. The van der Waals surface area contributed by atoms with Crippen LogP contribution in [-0.2, 0) is 14.6 Å². The molecule has 0 N–H and O–H groups in total. The number of sulfone groups is 1. The van der Waals surface area contributed by atoms with E-state index in [1.807, 2.05) is 6.92 Å². The van der Waals surface area contributed by atoms with E-state index in [0.29, 0.717) is 19.3 Å². The van der Waals surface area contributed by atoms with Crippen LogP contribution in [0.15, 0.2) is 0 Å². The maximum absolute atomic E-state index is 11.3. The van der Waals surface area contributed by atoms with E-state index in [4.69, 9.17) is 0 Å². The molecule has 0 atom stereocenters. The number of carbonyl (C=O) groups is 1. The van der Waals surface area contributed by atoms with Crippen molar-refractivity contribution in [2.45, 2.75) is 39.0 Å². The van der Waals surface area contributed by atoms with Crippen LogP contribution in [-0.4, -0.2) is 25.7 Å². The van der Waals surface area contributed by atoms with Gasteiger partial charge in [0.15, 0.2) is 0 Å². The molecule has 4 heteroatoms. The highest BCUT2D eigenvalue weighted by Gasteiger charge is 2.28. The number of carbonyl (C=O) groups excluding carboxylic acids is 1. The van der Waals surface area contributed by atoms with Crippen molar-refractivity contribution in [2.75, 3.05) is 11.5 Å². The van der Waals surface area contributed by atoms with Crippen molar-refractivity contribution in [1.29, 1.82) is 0 Å². The number of hydrogen-bond acceptors (Lipinski definition) is 3. The average Bonchev–Trinajstić information content (AvgIpc) is 2.85. The van der Waals surface area contributed by atoms with Crippen LogP contribution < -0.4 is 0 Å². The summed E-state index contributed by atoms with van der Waals surface area (Å²) < 4.78 is 22.6. The van der Waals surface area contributed by atoms with E-state index in [-0.39, 0.29) is 23.2 Å². The lowest BCUT2D eigenvalue weighted by Gasteiger charge is -2.01. The summed E-state index contributed by atoms with van der Waals surface area (Å²) >= 11 is 0. The molecule has 1 fully saturated rings. The molecule has 0 bridgehead atoms. The van der Waals surface area contributed by atoms with Crippen LogP contribution in [0.4, 0.5) is 0 Å². The van der Waals surface area contributed by atoms with Gasteiger partial charge in [-0.1, -0.05) is 6.92 Å². The van der Waals surface area contributed by atoms with E-state index in [0.717, 1.165) is 12.8 Å². The lowest BCUT2D eigenvalue weighted by molar-refractivity contribution is -0.120. The Morgan fingerprint density at radius 1 is 1.29 bits per heavy atom. The van der Waals surface area contributed by atoms with Gasteiger partial charge in [-0.3, -0.25) is 4.79 Å². The van der Waals surface area contributed by atoms with Crippen molar-refractivity contribution in [2.24, 2.45) is 5.92 Å². The molecule has 0 aromatic rings.